The first-order valence-corrected chi connectivity index (χ1v) is 8.97. The summed E-state index contributed by atoms with van der Waals surface area (Å²) in [7, 11) is 0. The number of aliphatic hydroxyl groups excluding tert-OH is 1. The predicted molar refractivity (Wildman–Crippen MR) is 91.6 cm³/mol. The first-order valence-electron chi connectivity index (χ1n) is 8.97. The van der Waals surface area contributed by atoms with E-state index in [-0.39, 0.29) is 0 Å². The fraction of sp³-hybridized carbons (Fsp3) is 1.00. The molecule has 0 amide bonds. The minimum atomic E-state index is 0.302. The fourth-order valence-corrected chi connectivity index (χ4v) is 3.77. The highest BCUT2D eigenvalue weighted by Gasteiger charge is 2.36. The number of nitrogens with one attached hydrogen (secondary N) is 1. The molecule has 1 fully saturated rings. The topological polar surface area (TPSA) is 35.5 Å². The van der Waals surface area contributed by atoms with Crippen molar-refractivity contribution >= 4 is 0 Å². The quantitative estimate of drug-likeness (QED) is 0.686. The zero-order chi connectivity index (χ0) is 15.9. The first kappa shape index (κ1) is 18.9. The Bertz CT molecular complexity index is 280. The van der Waals surface area contributed by atoms with Crippen LogP contribution in [0.4, 0.5) is 0 Å². The fourth-order valence-electron chi connectivity index (χ4n) is 3.77. The lowest BCUT2D eigenvalue weighted by molar-refractivity contribution is 0.0596. The Morgan fingerprint density at radius 3 is 2.52 bits per heavy atom. The molecule has 0 aliphatic heterocycles. The number of nitrogens with zero attached hydrogens (tertiary/aromatic N) is 1. The monoisotopic (exact) mass is 298 g/mol. The Labute approximate surface area is 132 Å². The maximum Gasteiger partial charge on any atom is 0.0443 e. The minimum Gasteiger partial charge on any atom is -0.396 e. The van der Waals surface area contributed by atoms with Crippen molar-refractivity contribution in [1.29, 1.82) is 0 Å². The van der Waals surface area contributed by atoms with Crippen LogP contribution >= 0.6 is 0 Å². The molecule has 2 unspecified atom stereocenters. The van der Waals surface area contributed by atoms with Crippen LogP contribution < -0.4 is 5.32 Å². The van der Waals surface area contributed by atoms with E-state index in [4.69, 9.17) is 5.11 Å². The van der Waals surface area contributed by atoms with Gasteiger partial charge in [0.05, 0.1) is 0 Å². The number of hydrogen-bond donors (Lipinski definition) is 2. The molecule has 3 nitrogen and oxygen atoms in total. The Balaban J connectivity index is 2.73. The number of rotatable bonds is 9. The van der Waals surface area contributed by atoms with Crippen LogP contribution in [0.15, 0.2) is 0 Å². The maximum absolute atomic E-state index is 9.15. The molecular weight excluding hydrogens is 260 g/mol. The molecule has 1 saturated carbocycles. The SMILES string of the molecule is CC1CCCC(CNC(C)C)(CN(CCCO)C(C)C)C1. The number of aliphatic hydroxyl groups is 1. The Kier molecular flexibility index (Phi) is 8.22. The summed E-state index contributed by atoms with van der Waals surface area (Å²) in [5.74, 6) is 0.847. The van der Waals surface area contributed by atoms with Crippen molar-refractivity contribution in [2.24, 2.45) is 11.3 Å². The van der Waals surface area contributed by atoms with Crippen LogP contribution in [0.25, 0.3) is 0 Å². The van der Waals surface area contributed by atoms with Gasteiger partial charge < -0.3 is 15.3 Å². The number of hydrogen-bond acceptors (Lipinski definition) is 3. The zero-order valence-corrected chi connectivity index (χ0v) is 15.0. The van der Waals surface area contributed by atoms with Crippen molar-refractivity contribution in [3.05, 3.63) is 0 Å². The predicted octanol–water partition coefficient (Wildman–Crippen LogP) is 3.27. The molecule has 126 valence electrons. The van der Waals surface area contributed by atoms with Gasteiger partial charge in [-0.25, -0.2) is 0 Å². The highest BCUT2D eigenvalue weighted by atomic mass is 16.3. The molecule has 0 heterocycles. The maximum atomic E-state index is 9.15. The highest BCUT2D eigenvalue weighted by molar-refractivity contribution is 4.91. The lowest BCUT2D eigenvalue weighted by atomic mass is 9.69. The summed E-state index contributed by atoms with van der Waals surface area (Å²) in [5, 5.41) is 12.8. The Hall–Kier alpha value is -0.120. The van der Waals surface area contributed by atoms with Crippen molar-refractivity contribution in [2.75, 3.05) is 26.2 Å². The summed E-state index contributed by atoms with van der Waals surface area (Å²) in [5.41, 5.74) is 0.418. The molecule has 1 aliphatic carbocycles. The molecule has 0 aromatic carbocycles. The summed E-state index contributed by atoms with van der Waals surface area (Å²) in [4.78, 5) is 2.58. The Morgan fingerprint density at radius 2 is 2.00 bits per heavy atom. The summed E-state index contributed by atoms with van der Waals surface area (Å²) < 4.78 is 0. The van der Waals surface area contributed by atoms with Crippen LogP contribution in [0.3, 0.4) is 0 Å². The smallest absolute Gasteiger partial charge is 0.0443 e. The van der Waals surface area contributed by atoms with Crippen LogP contribution in [0.1, 0.15) is 66.7 Å². The third-order valence-electron chi connectivity index (χ3n) is 4.94. The van der Waals surface area contributed by atoms with Gasteiger partial charge >= 0.3 is 0 Å². The van der Waals surface area contributed by atoms with Crippen LogP contribution in [0, 0.1) is 11.3 Å². The van der Waals surface area contributed by atoms with E-state index in [1.165, 1.54) is 32.2 Å². The Morgan fingerprint density at radius 1 is 1.29 bits per heavy atom. The lowest BCUT2D eigenvalue weighted by Gasteiger charge is -2.45. The van der Waals surface area contributed by atoms with Crippen LogP contribution in [0.2, 0.25) is 0 Å². The van der Waals surface area contributed by atoms with Crippen LogP contribution in [0.5, 0.6) is 0 Å². The molecule has 0 aromatic rings. The standard InChI is InChI=1S/C18H38N2O/c1-15(2)19-13-18(9-6-8-17(5)12-18)14-20(16(3)4)10-7-11-21/h15-17,19,21H,6-14H2,1-5H3. The van der Waals surface area contributed by atoms with E-state index in [1.54, 1.807) is 0 Å². The van der Waals surface area contributed by atoms with Gasteiger partial charge in [-0.3, -0.25) is 0 Å². The third kappa shape index (κ3) is 6.66. The third-order valence-corrected chi connectivity index (χ3v) is 4.94. The second kappa shape index (κ2) is 9.12. The van der Waals surface area contributed by atoms with Gasteiger partial charge in [0.2, 0.25) is 0 Å². The molecule has 0 saturated heterocycles. The average molecular weight is 299 g/mol. The van der Waals surface area contributed by atoms with E-state index in [1.807, 2.05) is 0 Å². The summed E-state index contributed by atoms with van der Waals surface area (Å²) in [6.45, 7) is 15.1. The largest absolute Gasteiger partial charge is 0.396 e. The molecule has 0 aromatic heterocycles. The van der Waals surface area contributed by atoms with Crippen molar-refractivity contribution in [1.82, 2.24) is 10.2 Å². The van der Waals surface area contributed by atoms with Gasteiger partial charge in [0.25, 0.3) is 0 Å². The molecule has 21 heavy (non-hydrogen) atoms. The lowest BCUT2D eigenvalue weighted by Crippen LogP contribution is -2.49. The van der Waals surface area contributed by atoms with E-state index in [2.05, 4.69) is 44.8 Å². The van der Waals surface area contributed by atoms with Crippen LogP contribution in [-0.2, 0) is 0 Å². The second-order valence-corrected chi connectivity index (χ2v) is 7.88. The van der Waals surface area contributed by atoms with E-state index in [0.717, 1.165) is 25.4 Å². The van der Waals surface area contributed by atoms with Gasteiger partial charge in [-0.1, -0.05) is 33.6 Å². The summed E-state index contributed by atoms with van der Waals surface area (Å²) >= 11 is 0. The van der Waals surface area contributed by atoms with Gasteiger partial charge in [-0.2, -0.15) is 0 Å². The highest BCUT2D eigenvalue weighted by Crippen LogP contribution is 2.40. The van der Waals surface area contributed by atoms with E-state index in [0.29, 0.717) is 24.1 Å². The zero-order valence-electron chi connectivity index (χ0n) is 15.0. The van der Waals surface area contributed by atoms with Crippen molar-refractivity contribution < 1.29 is 5.11 Å². The van der Waals surface area contributed by atoms with Crippen molar-refractivity contribution in [3.8, 4) is 0 Å². The van der Waals surface area contributed by atoms with E-state index in [9.17, 15) is 0 Å². The first-order chi connectivity index (χ1) is 9.88. The minimum absolute atomic E-state index is 0.302. The van der Waals surface area contributed by atoms with Crippen LogP contribution in [-0.4, -0.2) is 48.3 Å². The molecule has 0 radical (unpaired) electrons. The van der Waals surface area contributed by atoms with E-state index < -0.39 is 0 Å². The van der Waals surface area contributed by atoms with Crippen molar-refractivity contribution in [3.63, 3.8) is 0 Å². The van der Waals surface area contributed by atoms with Gasteiger partial charge in [-0.15, -0.1) is 0 Å². The van der Waals surface area contributed by atoms with Gasteiger partial charge in [-0.05, 0) is 44.4 Å². The summed E-state index contributed by atoms with van der Waals surface area (Å²) in [6.07, 6.45) is 6.34. The second-order valence-electron chi connectivity index (χ2n) is 7.88. The molecule has 2 atom stereocenters. The van der Waals surface area contributed by atoms with Gasteiger partial charge in [0, 0.05) is 38.3 Å². The van der Waals surface area contributed by atoms with Crippen molar-refractivity contribution in [2.45, 2.75) is 78.8 Å². The molecule has 2 N–H and O–H groups in total. The molecule has 1 rings (SSSR count). The molecule has 0 spiro atoms. The molecule has 3 heteroatoms. The molecular formula is C18H38N2O. The molecule has 0 bridgehead atoms. The normalized spacial score (nSPS) is 27.0. The molecule has 1 aliphatic rings. The van der Waals surface area contributed by atoms with E-state index >= 15 is 0 Å². The average Bonchev–Trinajstić information content (AvgIpc) is 2.41. The van der Waals surface area contributed by atoms with Gasteiger partial charge in [0.15, 0.2) is 0 Å². The summed E-state index contributed by atoms with van der Waals surface area (Å²) in [6, 6.07) is 1.12. The van der Waals surface area contributed by atoms with Gasteiger partial charge in [0.1, 0.15) is 0 Å².